The van der Waals surface area contributed by atoms with Crippen LogP contribution in [0, 0.1) is 17.8 Å². The number of hydrogen-bond acceptors (Lipinski definition) is 3. The van der Waals surface area contributed by atoms with Gasteiger partial charge in [-0.1, -0.05) is 23.4 Å². The first kappa shape index (κ1) is 15.8. The van der Waals surface area contributed by atoms with Crippen LogP contribution < -0.4 is 5.32 Å². The number of aliphatic hydroxyl groups excluding tert-OH is 1. The molecule has 4 nitrogen and oxygen atoms in total. The molecule has 112 valence electrons. The Morgan fingerprint density at radius 2 is 2.29 bits per heavy atom. The largest absolute Gasteiger partial charge is 0.384 e. The number of amides is 1. The summed E-state index contributed by atoms with van der Waals surface area (Å²) in [6, 6.07) is 4.90. The Morgan fingerprint density at radius 3 is 2.95 bits per heavy atom. The molecular weight excluding hydrogens is 290 g/mol. The van der Waals surface area contributed by atoms with Gasteiger partial charge in [0.05, 0.1) is 11.6 Å². The van der Waals surface area contributed by atoms with Crippen LogP contribution in [0.3, 0.4) is 0 Å². The van der Waals surface area contributed by atoms with E-state index in [0.29, 0.717) is 29.3 Å². The number of aliphatic hydroxyl groups is 1. The van der Waals surface area contributed by atoms with Crippen LogP contribution in [0.4, 0.5) is 0 Å². The Hall–Kier alpha value is -1.54. The lowest BCUT2D eigenvalue weighted by atomic mass is 10.1. The summed E-state index contributed by atoms with van der Waals surface area (Å²) >= 11 is 6.05. The van der Waals surface area contributed by atoms with E-state index >= 15 is 0 Å². The molecule has 21 heavy (non-hydrogen) atoms. The van der Waals surface area contributed by atoms with Crippen molar-refractivity contribution in [3.8, 4) is 11.8 Å². The molecule has 0 radical (unpaired) electrons. The highest BCUT2D eigenvalue weighted by molar-refractivity contribution is 6.32. The summed E-state index contributed by atoms with van der Waals surface area (Å²) in [4.78, 5) is 11.9. The van der Waals surface area contributed by atoms with Crippen LogP contribution in [0.5, 0.6) is 0 Å². The monoisotopic (exact) mass is 307 g/mol. The van der Waals surface area contributed by atoms with Gasteiger partial charge in [0.15, 0.2) is 0 Å². The molecule has 0 atom stereocenters. The Bertz CT molecular complexity index is 558. The smallest absolute Gasteiger partial charge is 0.251 e. The second-order valence-electron chi connectivity index (χ2n) is 4.93. The van der Waals surface area contributed by atoms with Crippen molar-refractivity contribution >= 4 is 17.5 Å². The Morgan fingerprint density at radius 1 is 1.48 bits per heavy atom. The van der Waals surface area contributed by atoms with E-state index in [1.807, 2.05) is 0 Å². The van der Waals surface area contributed by atoms with Gasteiger partial charge < -0.3 is 15.2 Å². The van der Waals surface area contributed by atoms with Gasteiger partial charge in [0, 0.05) is 24.3 Å². The molecular formula is C16H18ClNO3. The topological polar surface area (TPSA) is 58.6 Å². The average Bonchev–Trinajstić information content (AvgIpc) is 3.29. The number of carbonyl (C=O) groups excluding carboxylic acids is 1. The lowest BCUT2D eigenvalue weighted by Gasteiger charge is -2.07. The molecule has 0 unspecified atom stereocenters. The van der Waals surface area contributed by atoms with Crippen molar-refractivity contribution in [1.29, 1.82) is 0 Å². The first-order valence-corrected chi connectivity index (χ1v) is 7.33. The summed E-state index contributed by atoms with van der Waals surface area (Å²) in [5.41, 5.74) is 1.08. The minimum absolute atomic E-state index is 0.186. The van der Waals surface area contributed by atoms with Crippen LogP contribution in [0.2, 0.25) is 5.02 Å². The average molecular weight is 308 g/mol. The van der Waals surface area contributed by atoms with Crippen LogP contribution in [0.25, 0.3) is 0 Å². The first-order valence-electron chi connectivity index (χ1n) is 6.96. The van der Waals surface area contributed by atoms with Crippen molar-refractivity contribution in [1.82, 2.24) is 5.32 Å². The number of rotatable bonds is 6. The quantitative estimate of drug-likeness (QED) is 0.623. The van der Waals surface area contributed by atoms with Crippen LogP contribution in [-0.4, -0.2) is 37.4 Å². The molecule has 5 heteroatoms. The number of nitrogens with one attached hydrogen (secondary N) is 1. The molecule has 1 amide bonds. The molecule has 2 rings (SSSR count). The summed E-state index contributed by atoms with van der Waals surface area (Å²) in [5, 5.41) is 11.8. The number of benzene rings is 1. The molecule has 1 aromatic carbocycles. The third kappa shape index (κ3) is 5.39. The van der Waals surface area contributed by atoms with Crippen molar-refractivity contribution in [3.63, 3.8) is 0 Å². The molecule has 1 fully saturated rings. The van der Waals surface area contributed by atoms with Gasteiger partial charge in [-0.2, -0.15) is 0 Å². The van der Waals surface area contributed by atoms with Crippen LogP contribution >= 0.6 is 11.6 Å². The van der Waals surface area contributed by atoms with Gasteiger partial charge in [-0.05, 0) is 37.0 Å². The zero-order valence-corrected chi connectivity index (χ0v) is 12.4. The predicted molar refractivity (Wildman–Crippen MR) is 81.3 cm³/mol. The van der Waals surface area contributed by atoms with Gasteiger partial charge in [-0.25, -0.2) is 0 Å². The molecule has 1 saturated carbocycles. The summed E-state index contributed by atoms with van der Waals surface area (Å²) < 4.78 is 5.45. The fraction of sp³-hybridized carbons (Fsp3) is 0.438. The molecule has 1 aliphatic carbocycles. The molecule has 1 aromatic rings. The molecule has 0 bridgehead atoms. The van der Waals surface area contributed by atoms with E-state index in [1.54, 1.807) is 18.2 Å². The van der Waals surface area contributed by atoms with E-state index in [9.17, 15) is 4.79 Å². The van der Waals surface area contributed by atoms with Crippen LogP contribution in [-0.2, 0) is 4.74 Å². The van der Waals surface area contributed by atoms with E-state index in [1.165, 1.54) is 12.8 Å². The maximum absolute atomic E-state index is 11.9. The van der Waals surface area contributed by atoms with E-state index in [0.717, 1.165) is 12.5 Å². The normalized spacial score (nSPS) is 13.4. The highest BCUT2D eigenvalue weighted by Crippen LogP contribution is 2.28. The lowest BCUT2D eigenvalue weighted by molar-refractivity contribution is 0.0906. The molecule has 0 heterocycles. The second-order valence-corrected chi connectivity index (χ2v) is 5.34. The molecule has 1 aliphatic rings. The summed E-state index contributed by atoms with van der Waals surface area (Å²) in [7, 11) is 0. The number of hydrogen-bond donors (Lipinski definition) is 2. The van der Waals surface area contributed by atoms with Gasteiger partial charge in [0.1, 0.15) is 6.61 Å². The maximum atomic E-state index is 11.9. The first-order chi connectivity index (χ1) is 10.2. The van der Waals surface area contributed by atoms with E-state index < -0.39 is 0 Å². The van der Waals surface area contributed by atoms with Gasteiger partial charge >= 0.3 is 0 Å². The third-order valence-corrected chi connectivity index (χ3v) is 3.43. The molecule has 0 spiro atoms. The van der Waals surface area contributed by atoms with Crippen molar-refractivity contribution in [2.75, 3.05) is 26.4 Å². The summed E-state index contributed by atoms with van der Waals surface area (Å²) in [6.45, 7) is 1.57. The zero-order chi connectivity index (χ0) is 15.1. The fourth-order valence-corrected chi connectivity index (χ4v) is 1.99. The maximum Gasteiger partial charge on any atom is 0.251 e. The number of carbonyl (C=O) groups is 1. The van der Waals surface area contributed by atoms with E-state index in [4.69, 9.17) is 21.4 Å². The fourth-order valence-electron chi connectivity index (χ4n) is 1.77. The summed E-state index contributed by atoms with van der Waals surface area (Å²) in [6.07, 6.45) is 2.52. The Labute approximate surface area is 129 Å². The Kier molecular flexibility index (Phi) is 6.06. The van der Waals surface area contributed by atoms with Crippen molar-refractivity contribution < 1.29 is 14.6 Å². The second kappa shape index (κ2) is 8.04. The van der Waals surface area contributed by atoms with Crippen molar-refractivity contribution in [3.05, 3.63) is 34.3 Å². The number of ether oxygens (including phenoxy) is 1. The minimum atomic E-state index is -0.223. The molecule has 0 aromatic heterocycles. The lowest BCUT2D eigenvalue weighted by Crippen LogP contribution is -2.27. The molecule has 2 N–H and O–H groups in total. The highest BCUT2D eigenvalue weighted by atomic mass is 35.5. The standard InChI is InChI=1S/C16H18ClNO3/c17-15-10-14(6-5-13(15)2-1-8-19)16(20)18-7-9-21-11-12-3-4-12/h5-6,10,12,19H,3-4,7-9,11H2,(H,18,20). The zero-order valence-electron chi connectivity index (χ0n) is 11.7. The van der Waals surface area contributed by atoms with Gasteiger partial charge in [-0.15, -0.1) is 0 Å². The van der Waals surface area contributed by atoms with Crippen molar-refractivity contribution in [2.45, 2.75) is 12.8 Å². The Balaban J connectivity index is 1.79. The van der Waals surface area contributed by atoms with E-state index in [-0.39, 0.29) is 12.5 Å². The van der Waals surface area contributed by atoms with Gasteiger partial charge in [-0.3, -0.25) is 4.79 Å². The van der Waals surface area contributed by atoms with Crippen LogP contribution in [0.15, 0.2) is 18.2 Å². The third-order valence-electron chi connectivity index (χ3n) is 3.12. The predicted octanol–water partition coefficient (Wildman–Crippen LogP) is 1.84. The SMILES string of the molecule is O=C(NCCOCC1CC1)c1ccc(C#CCO)c(Cl)c1. The van der Waals surface area contributed by atoms with Crippen LogP contribution in [0.1, 0.15) is 28.8 Å². The minimum Gasteiger partial charge on any atom is -0.384 e. The molecule has 0 saturated heterocycles. The highest BCUT2D eigenvalue weighted by Gasteiger charge is 2.20. The molecule has 0 aliphatic heterocycles. The number of halogens is 1. The summed E-state index contributed by atoms with van der Waals surface area (Å²) in [5.74, 6) is 5.78. The van der Waals surface area contributed by atoms with Gasteiger partial charge in [0.25, 0.3) is 5.91 Å². The van der Waals surface area contributed by atoms with E-state index in [2.05, 4.69) is 17.2 Å². The van der Waals surface area contributed by atoms with Gasteiger partial charge in [0.2, 0.25) is 0 Å². The van der Waals surface area contributed by atoms with Crippen molar-refractivity contribution in [2.24, 2.45) is 5.92 Å².